The molecule has 0 radical (unpaired) electrons. The normalized spacial score (nSPS) is 28.1. The fraction of sp³-hybridized carbons (Fsp3) is 0.533. The van der Waals surface area contributed by atoms with Gasteiger partial charge < -0.3 is 16.2 Å². The summed E-state index contributed by atoms with van der Waals surface area (Å²) in [6.45, 7) is 1.81. The molecule has 1 aliphatic carbocycles. The number of benzene rings is 1. The number of aliphatic hydroxyl groups excluding tert-OH is 1. The SMILES string of the molecule is CC1(C(=O)N[C@H](CO)c2ccccc2)CCCC1N. The lowest BCUT2D eigenvalue weighted by molar-refractivity contribution is -0.131. The van der Waals surface area contributed by atoms with Crippen molar-refractivity contribution in [1.29, 1.82) is 0 Å². The Bertz CT molecular complexity index is 435. The molecule has 1 saturated carbocycles. The van der Waals surface area contributed by atoms with Gasteiger partial charge in [0.15, 0.2) is 0 Å². The largest absolute Gasteiger partial charge is 0.394 e. The number of rotatable bonds is 4. The lowest BCUT2D eigenvalue weighted by Crippen LogP contribution is -2.48. The van der Waals surface area contributed by atoms with Crippen LogP contribution in [0.2, 0.25) is 0 Å². The summed E-state index contributed by atoms with van der Waals surface area (Å²) >= 11 is 0. The van der Waals surface area contributed by atoms with Gasteiger partial charge in [-0.05, 0) is 25.3 Å². The molecule has 1 aromatic carbocycles. The van der Waals surface area contributed by atoms with Crippen molar-refractivity contribution in [2.24, 2.45) is 11.1 Å². The summed E-state index contributed by atoms with van der Waals surface area (Å²) in [4.78, 5) is 12.4. The Morgan fingerprint density at radius 2 is 2.21 bits per heavy atom. The monoisotopic (exact) mass is 262 g/mol. The Labute approximate surface area is 114 Å². The smallest absolute Gasteiger partial charge is 0.228 e. The topological polar surface area (TPSA) is 75.3 Å². The molecule has 0 heterocycles. The van der Waals surface area contributed by atoms with E-state index in [1.807, 2.05) is 37.3 Å². The van der Waals surface area contributed by atoms with E-state index < -0.39 is 5.41 Å². The van der Waals surface area contributed by atoms with E-state index in [0.717, 1.165) is 24.8 Å². The molecule has 0 aromatic heterocycles. The summed E-state index contributed by atoms with van der Waals surface area (Å²) in [5, 5.41) is 12.4. The second kappa shape index (κ2) is 5.72. The van der Waals surface area contributed by atoms with Crippen LogP contribution in [0.3, 0.4) is 0 Å². The molecule has 0 bridgehead atoms. The maximum atomic E-state index is 12.4. The van der Waals surface area contributed by atoms with Crippen molar-refractivity contribution in [2.45, 2.75) is 38.3 Å². The van der Waals surface area contributed by atoms with Gasteiger partial charge in [0.2, 0.25) is 5.91 Å². The Morgan fingerprint density at radius 1 is 1.53 bits per heavy atom. The minimum Gasteiger partial charge on any atom is -0.394 e. The molecule has 2 unspecified atom stereocenters. The summed E-state index contributed by atoms with van der Waals surface area (Å²) in [5.74, 6) is -0.0552. The van der Waals surface area contributed by atoms with E-state index in [1.165, 1.54) is 0 Å². The maximum Gasteiger partial charge on any atom is 0.228 e. The molecule has 2 rings (SSSR count). The summed E-state index contributed by atoms with van der Waals surface area (Å²) < 4.78 is 0. The van der Waals surface area contributed by atoms with Crippen LogP contribution in [-0.2, 0) is 4.79 Å². The first kappa shape index (κ1) is 14.0. The van der Waals surface area contributed by atoms with Crippen molar-refractivity contribution < 1.29 is 9.90 Å². The van der Waals surface area contributed by atoms with E-state index in [9.17, 15) is 9.90 Å². The van der Waals surface area contributed by atoms with Crippen LogP contribution in [0.4, 0.5) is 0 Å². The summed E-state index contributed by atoms with van der Waals surface area (Å²) in [5.41, 5.74) is 6.45. The lowest BCUT2D eigenvalue weighted by atomic mass is 9.84. The predicted molar refractivity (Wildman–Crippen MR) is 74.3 cm³/mol. The number of aliphatic hydroxyl groups is 1. The minimum atomic E-state index is -0.512. The third kappa shape index (κ3) is 2.80. The average Bonchev–Trinajstić information content (AvgIpc) is 2.78. The van der Waals surface area contributed by atoms with Crippen molar-refractivity contribution in [3.63, 3.8) is 0 Å². The van der Waals surface area contributed by atoms with Gasteiger partial charge in [0.25, 0.3) is 0 Å². The van der Waals surface area contributed by atoms with Crippen LogP contribution < -0.4 is 11.1 Å². The van der Waals surface area contributed by atoms with Crippen molar-refractivity contribution in [2.75, 3.05) is 6.61 Å². The van der Waals surface area contributed by atoms with Crippen LogP contribution in [0, 0.1) is 5.41 Å². The fourth-order valence-electron chi connectivity index (χ4n) is 2.72. The molecule has 1 amide bonds. The standard InChI is InChI=1S/C15H22N2O2/c1-15(9-5-8-13(15)16)14(19)17-12(10-18)11-6-3-2-4-7-11/h2-4,6-7,12-13,18H,5,8-10,16H2,1H3,(H,17,19)/t12-,13?,15?/m1/s1. The maximum absolute atomic E-state index is 12.4. The van der Waals surface area contributed by atoms with Gasteiger partial charge in [-0.15, -0.1) is 0 Å². The predicted octanol–water partition coefficient (Wildman–Crippen LogP) is 1.35. The lowest BCUT2D eigenvalue weighted by Gasteiger charge is -2.30. The van der Waals surface area contributed by atoms with Crippen LogP contribution in [0.5, 0.6) is 0 Å². The molecule has 0 spiro atoms. The Kier molecular flexibility index (Phi) is 4.22. The zero-order valence-corrected chi connectivity index (χ0v) is 11.3. The number of hydrogen-bond donors (Lipinski definition) is 3. The van der Waals surface area contributed by atoms with Gasteiger partial charge >= 0.3 is 0 Å². The number of carbonyl (C=O) groups is 1. The minimum absolute atomic E-state index is 0.0552. The summed E-state index contributed by atoms with van der Waals surface area (Å²) in [6.07, 6.45) is 2.69. The van der Waals surface area contributed by atoms with Gasteiger partial charge in [-0.1, -0.05) is 36.8 Å². The van der Waals surface area contributed by atoms with Gasteiger partial charge in [-0.25, -0.2) is 0 Å². The van der Waals surface area contributed by atoms with Gasteiger partial charge in [0, 0.05) is 6.04 Å². The van der Waals surface area contributed by atoms with Crippen molar-refractivity contribution >= 4 is 5.91 Å². The molecule has 0 aliphatic heterocycles. The van der Waals surface area contributed by atoms with E-state index in [-0.39, 0.29) is 24.6 Å². The first-order chi connectivity index (χ1) is 9.08. The quantitative estimate of drug-likeness (QED) is 0.766. The van der Waals surface area contributed by atoms with E-state index >= 15 is 0 Å². The number of amides is 1. The molecule has 19 heavy (non-hydrogen) atoms. The third-order valence-corrected chi connectivity index (χ3v) is 4.24. The molecular formula is C15H22N2O2. The molecule has 4 nitrogen and oxygen atoms in total. The number of hydrogen-bond acceptors (Lipinski definition) is 3. The molecule has 1 aromatic rings. The van der Waals surface area contributed by atoms with Crippen molar-refractivity contribution in [3.8, 4) is 0 Å². The second-order valence-corrected chi connectivity index (χ2v) is 5.54. The first-order valence-corrected chi connectivity index (χ1v) is 6.80. The van der Waals surface area contributed by atoms with Gasteiger partial charge in [-0.3, -0.25) is 4.79 Å². The Morgan fingerprint density at radius 3 is 2.74 bits per heavy atom. The highest BCUT2D eigenvalue weighted by molar-refractivity contribution is 5.83. The highest BCUT2D eigenvalue weighted by Gasteiger charge is 2.43. The van der Waals surface area contributed by atoms with Crippen molar-refractivity contribution in [3.05, 3.63) is 35.9 Å². The van der Waals surface area contributed by atoms with Crippen LogP contribution in [-0.4, -0.2) is 23.7 Å². The Hall–Kier alpha value is -1.39. The fourth-order valence-corrected chi connectivity index (χ4v) is 2.72. The highest BCUT2D eigenvalue weighted by atomic mass is 16.3. The number of carbonyl (C=O) groups excluding carboxylic acids is 1. The van der Waals surface area contributed by atoms with Crippen LogP contribution in [0.1, 0.15) is 37.8 Å². The molecule has 0 saturated heterocycles. The van der Waals surface area contributed by atoms with Crippen LogP contribution >= 0.6 is 0 Å². The van der Waals surface area contributed by atoms with Gasteiger partial charge in [0.1, 0.15) is 0 Å². The number of nitrogens with one attached hydrogen (secondary N) is 1. The zero-order chi connectivity index (χ0) is 13.9. The van der Waals surface area contributed by atoms with E-state index in [1.54, 1.807) is 0 Å². The highest BCUT2D eigenvalue weighted by Crippen LogP contribution is 2.37. The molecule has 1 aliphatic rings. The molecule has 1 fully saturated rings. The van der Waals surface area contributed by atoms with Crippen LogP contribution in [0.15, 0.2) is 30.3 Å². The average molecular weight is 262 g/mol. The van der Waals surface area contributed by atoms with E-state index in [2.05, 4.69) is 5.32 Å². The molecule has 4 N–H and O–H groups in total. The van der Waals surface area contributed by atoms with E-state index in [4.69, 9.17) is 5.73 Å². The van der Waals surface area contributed by atoms with Gasteiger partial charge in [0.05, 0.1) is 18.1 Å². The summed E-state index contributed by atoms with van der Waals surface area (Å²) in [7, 11) is 0. The Balaban J connectivity index is 2.09. The van der Waals surface area contributed by atoms with E-state index in [0.29, 0.717) is 0 Å². The number of nitrogens with two attached hydrogens (primary N) is 1. The first-order valence-electron chi connectivity index (χ1n) is 6.80. The molecular weight excluding hydrogens is 240 g/mol. The molecule has 3 atom stereocenters. The van der Waals surface area contributed by atoms with Crippen molar-refractivity contribution in [1.82, 2.24) is 5.32 Å². The zero-order valence-electron chi connectivity index (χ0n) is 11.3. The van der Waals surface area contributed by atoms with Gasteiger partial charge in [-0.2, -0.15) is 0 Å². The summed E-state index contributed by atoms with van der Waals surface area (Å²) in [6, 6.07) is 9.05. The van der Waals surface area contributed by atoms with Crippen LogP contribution in [0.25, 0.3) is 0 Å². The third-order valence-electron chi connectivity index (χ3n) is 4.24. The molecule has 104 valence electrons. The molecule has 4 heteroatoms. The second-order valence-electron chi connectivity index (χ2n) is 5.54.